The number of alkyl halides is 3. The molecule has 1 saturated carbocycles. The zero-order chi connectivity index (χ0) is 9.90. The van der Waals surface area contributed by atoms with Crippen molar-refractivity contribution in [3.63, 3.8) is 0 Å². The molecule has 1 aliphatic rings. The maximum Gasteiger partial charge on any atom is 0.441 e. The Hall–Kier alpha value is 0.100. The van der Waals surface area contributed by atoms with Crippen molar-refractivity contribution in [1.29, 1.82) is 0 Å². The van der Waals surface area contributed by atoms with Gasteiger partial charge in [0.2, 0.25) is 0 Å². The first kappa shape index (κ1) is 11.2. The van der Waals surface area contributed by atoms with Crippen LogP contribution in [0.4, 0.5) is 13.2 Å². The van der Waals surface area contributed by atoms with Crippen LogP contribution in [0.25, 0.3) is 0 Å². The summed E-state index contributed by atoms with van der Waals surface area (Å²) in [5, 5.41) is 9.13. The van der Waals surface area contributed by atoms with Crippen LogP contribution in [-0.4, -0.2) is 22.5 Å². The third-order valence-corrected chi connectivity index (χ3v) is 3.07. The Bertz CT molecular complexity index is 160. The predicted octanol–water partition coefficient (Wildman–Crippen LogP) is 2.79. The van der Waals surface area contributed by atoms with Crippen molar-refractivity contribution in [2.24, 2.45) is 5.92 Å². The average molecular weight is 214 g/mol. The van der Waals surface area contributed by atoms with Gasteiger partial charge in [-0.3, -0.25) is 0 Å². The number of thioether (sulfide) groups is 1. The quantitative estimate of drug-likeness (QED) is 0.779. The van der Waals surface area contributed by atoms with Crippen molar-refractivity contribution in [3.8, 4) is 0 Å². The van der Waals surface area contributed by atoms with E-state index >= 15 is 0 Å². The highest BCUT2D eigenvalue weighted by Crippen LogP contribution is 2.34. The van der Waals surface area contributed by atoms with Crippen LogP contribution in [0.1, 0.15) is 25.7 Å². The van der Waals surface area contributed by atoms with Gasteiger partial charge in [-0.1, -0.05) is 11.8 Å². The van der Waals surface area contributed by atoms with Crippen molar-refractivity contribution in [2.75, 3.05) is 5.75 Å². The molecule has 2 atom stereocenters. The normalized spacial score (nSPS) is 29.5. The minimum absolute atomic E-state index is 0.0400. The molecule has 0 radical (unpaired) electrons. The minimum Gasteiger partial charge on any atom is -0.393 e. The van der Waals surface area contributed by atoms with Crippen molar-refractivity contribution in [2.45, 2.75) is 37.3 Å². The van der Waals surface area contributed by atoms with Crippen LogP contribution in [-0.2, 0) is 0 Å². The molecule has 1 aliphatic carbocycles. The van der Waals surface area contributed by atoms with Gasteiger partial charge in [0.1, 0.15) is 0 Å². The van der Waals surface area contributed by atoms with Crippen LogP contribution in [0.15, 0.2) is 0 Å². The van der Waals surface area contributed by atoms with Gasteiger partial charge < -0.3 is 5.11 Å². The van der Waals surface area contributed by atoms with Crippen LogP contribution in [0.2, 0.25) is 0 Å². The van der Waals surface area contributed by atoms with E-state index in [9.17, 15) is 13.2 Å². The number of halogens is 3. The Morgan fingerprint density at radius 1 is 1.31 bits per heavy atom. The Morgan fingerprint density at radius 3 is 2.46 bits per heavy atom. The second kappa shape index (κ2) is 4.55. The first-order valence-electron chi connectivity index (χ1n) is 4.36. The molecule has 0 spiro atoms. The summed E-state index contributed by atoms with van der Waals surface area (Å²) in [5.41, 5.74) is -4.10. The van der Waals surface area contributed by atoms with Crippen LogP contribution < -0.4 is 0 Å². The van der Waals surface area contributed by atoms with Crippen molar-refractivity contribution in [3.05, 3.63) is 0 Å². The zero-order valence-corrected chi connectivity index (χ0v) is 8.00. The van der Waals surface area contributed by atoms with E-state index in [1.807, 2.05) is 0 Å². The van der Waals surface area contributed by atoms with E-state index in [1.165, 1.54) is 0 Å². The topological polar surface area (TPSA) is 20.2 Å². The molecule has 0 aliphatic heterocycles. The third-order valence-electron chi connectivity index (χ3n) is 2.31. The fourth-order valence-corrected chi connectivity index (χ4v) is 2.33. The molecular weight excluding hydrogens is 201 g/mol. The van der Waals surface area contributed by atoms with Gasteiger partial charge in [0, 0.05) is 5.75 Å². The standard InChI is InChI=1S/C8H13F3OS/c9-8(10,11)13-4-3-6-1-2-7(12)5-6/h6-7,12H,1-5H2. The van der Waals surface area contributed by atoms with Crippen molar-refractivity contribution in [1.82, 2.24) is 0 Å². The molecule has 5 heteroatoms. The lowest BCUT2D eigenvalue weighted by Gasteiger charge is -2.09. The molecule has 1 fully saturated rings. The lowest BCUT2D eigenvalue weighted by molar-refractivity contribution is -0.0328. The number of aliphatic hydroxyl groups excluding tert-OH is 1. The Morgan fingerprint density at radius 2 is 2.00 bits per heavy atom. The van der Waals surface area contributed by atoms with Crippen molar-refractivity contribution < 1.29 is 18.3 Å². The minimum atomic E-state index is -4.10. The van der Waals surface area contributed by atoms with Gasteiger partial charge in [-0.15, -0.1) is 0 Å². The second-order valence-corrected chi connectivity index (χ2v) is 4.58. The fourth-order valence-electron chi connectivity index (χ4n) is 1.65. The molecule has 0 aromatic heterocycles. The van der Waals surface area contributed by atoms with Crippen LogP contribution in [0, 0.1) is 5.92 Å². The SMILES string of the molecule is OC1CCC(CCSC(F)(F)F)C1. The van der Waals surface area contributed by atoms with Crippen LogP contribution >= 0.6 is 11.8 Å². The predicted molar refractivity (Wildman–Crippen MR) is 46.5 cm³/mol. The van der Waals surface area contributed by atoms with Gasteiger partial charge in [0.15, 0.2) is 0 Å². The van der Waals surface area contributed by atoms with Gasteiger partial charge in [-0.2, -0.15) is 13.2 Å². The highest BCUT2D eigenvalue weighted by molar-refractivity contribution is 8.00. The molecule has 2 unspecified atom stereocenters. The Kier molecular flexibility index (Phi) is 3.91. The number of rotatable bonds is 3. The summed E-state index contributed by atoms with van der Waals surface area (Å²) < 4.78 is 35.2. The van der Waals surface area contributed by atoms with Gasteiger partial charge >= 0.3 is 5.51 Å². The Balaban J connectivity index is 2.07. The Labute approximate surface area is 79.7 Å². The summed E-state index contributed by atoms with van der Waals surface area (Å²) in [6.07, 6.45) is 2.60. The van der Waals surface area contributed by atoms with Crippen LogP contribution in [0.3, 0.4) is 0 Å². The molecule has 0 aromatic carbocycles. The first-order chi connectivity index (χ1) is 5.97. The fraction of sp³-hybridized carbons (Fsp3) is 1.00. The lowest BCUT2D eigenvalue weighted by Crippen LogP contribution is -2.05. The van der Waals surface area contributed by atoms with E-state index in [4.69, 9.17) is 5.11 Å². The molecule has 0 heterocycles. The average Bonchev–Trinajstić information content (AvgIpc) is 2.33. The zero-order valence-electron chi connectivity index (χ0n) is 7.18. The lowest BCUT2D eigenvalue weighted by atomic mass is 10.1. The largest absolute Gasteiger partial charge is 0.441 e. The number of hydrogen-bond acceptors (Lipinski definition) is 2. The van der Waals surface area contributed by atoms with Gasteiger partial charge in [-0.05, 0) is 31.6 Å². The summed E-state index contributed by atoms with van der Waals surface area (Å²) in [6.45, 7) is 0. The third kappa shape index (κ3) is 4.76. The first-order valence-corrected chi connectivity index (χ1v) is 5.34. The molecule has 78 valence electrons. The van der Waals surface area contributed by atoms with E-state index in [0.29, 0.717) is 18.8 Å². The summed E-state index contributed by atoms with van der Waals surface area (Å²) in [4.78, 5) is 0. The van der Waals surface area contributed by atoms with Gasteiger partial charge in [0.05, 0.1) is 6.10 Å². The molecule has 1 rings (SSSR count). The van der Waals surface area contributed by atoms with E-state index in [1.54, 1.807) is 0 Å². The van der Waals surface area contributed by atoms with E-state index in [2.05, 4.69) is 0 Å². The van der Waals surface area contributed by atoms with E-state index < -0.39 is 5.51 Å². The van der Waals surface area contributed by atoms with E-state index in [0.717, 1.165) is 12.8 Å². The number of hydrogen-bond donors (Lipinski definition) is 1. The molecule has 13 heavy (non-hydrogen) atoms. The van der Waals surface area contributed by atoms with E-state index in [-0.39, 0.29) is 23.6 Å². The van der Waals surface area contributed by atoms with Gasteiger partial charge in [-0.25, -0.2) is 0 Å². The molecular formula is C8H13F3OS. The molecule has 0 bridgehead atoms. The summed E-state index contributed by atoms with van der Waals surface area (Å²) in [5.74, 6) is 0.422. The number of aliphatic hydroxyl groups is 1. The molecule has 0 aromatic rings. The summed E-state index contributed by atoms with van der Waals surface area (Å²) >= 11 is 0.0400. The molecule has 0 saturated heterocycles. The second-order valence-electron chi connectivity index (χ2n) is 3.42. The molecule has 0 amide bonds. The summed E-state index contributed by atoms with van der Waals surface area (Å²) in [6, 6.07) is 0. The van der Waals surface area contributed by atoms with Gasteiger partial charge in [0.25, 0.3) is 0 Å². The molecule has 1 nitrogen and oxygen atoms in total. The van der Waals surface area contributed by atoms with Crippen molar-refractivity contribution >= 4 is 11.8 Å². The smallest absolute Gasteiger partial charge is 0.393 e. The molecule has 1 N–H and O–H groups in total. The maximum atomic E-state index is 11.7. The highest BCUT2D eigenvalue weighted by atomic mass is 32.2. The van der Waals surface area contributed by atoms with Crippen LogP contribution in [0.5, 0.6) is 0 Å². The highest BCUT2D eigenvalue weighted by Gasteiger charge is 2.29. The maximum absolute atomic E-state index is 11.7. The monoisotopic (exact) mass is 214 g/mol. The summed E-state index contributed by atoms with van der Waals surface area (Å²) in [7, 11) is 0.